The van der Waals surface area contributed by atoms with Crippen LogP contribution in [0, 0.1) is 0 Å². The molecule has 0 N–H and O–H groups in total. The quantitative estimate of drug-likeness (QED) is 0.206. The van der Waals surface area contributed by atoms with Gasteiger partial charge in [-0.3, -0.25) is 4.98 Å². The van der Waals surface area contributed by atoms with Crippen molar-refractivity contribution in [1.82, 2.24) is 15.0 Å². The number of aromatic nitrogens is 3. The monoisotopic (exact) mass is 573 g/mol. The Morgan fingerprint density at radius 1 is 0.381 bits per heavy atom. The minimum Gasteiger partial charge on any atom is -0.264 e. The molecule has 8 aromatic rings. The minimum atomic E-state index is 1.04. The van der Waals surface area contributed by atoms with Crippen LogP contribution in [0.15, 0.2) is 140 Å². The SMILES string of the molecule is c1cncc(-c2cc(-c3ccc(-c4nc5ccccc5s4)cc3)cc(-c3ccc(-c4nc5ccccc5s4)cc3)c2)c1. The summed E-state index contributed by atoms with van der Waals surface area (Å²) in [6.45, 7) is 0. The summed E-state index contributed by atoms with van der Waals surface area (Å²) in [7, 11) is 0. The van der Waals surface area contributed by atoms with Gasteiger partial charge in [0.05, 0.1) is 20.4 Å². The second-order valence-electron chi connectivity index (χ2n) is 10.2. The average molecular weight is 574 g/mol. The normalized spacial score (nSPS) is 11.3. The lowest BCUT2D eigenvalue weighted by molar-refractivity contribution is 1.33. The molecule has 3 heterocycles. The molecule has 198 valence electrons. The van der Waals surface area contributed by atoms with Crippen molar-refractivity contribution in [2.24, 2.45) is 0 Å². The molecular formula is C37H23N3S2. The van der Waals surface area contributed by atoms with Gasteiger partial charge in [0.1, 0.15) is 10.0 Å². The van der Waals surface area contributed by atoms with Gasteiger partial charge in [-0.2, -0.15) is 0 Å². The molecule has 0 unspecified atom stereocenters. The van der Waals surface area contributed by atoms with Gasteiger partial charge in [0.25, 0.3) is 0 Å². The lowest BCUT2D eigenvalue weighted by atomic mass is 9.93. The van der Waals surface area contributed by atoms with Crippen LogP contribution in [0.2, 0.25) is 0 Å². The van der Waals surface area contributed by atoms with Crippen molar-refractivity contribution in [2.75, 3.05) is 0 Å². The van der Waals surface area contributed by atoms with Gasteiger partial charge in [0, 0.05) is 29.1 Å². The van der Waals surface area contributed by atoms with Crippen LogP contribution in [0.1, 0.15) is 0 Å². The maximum Gasteiger partial charge on any atom is 0.124 e. The van der Waals surface area contributed by atoms with Gasteiger partial charge in [0.15, 0.2) is 0 Å². The van der Waals surface area contributed by atoms with Crippen LogP contribution in [0.5, 0.6) is 0 Å². The van der Waals surface area contributed by atoms with Crippen molar-refractivity contribution in [3.05, 3.63) is 140 Å². The van der Waals surface area contributed by atoms with Crippen LogP contribution in [0.25, 0.3) is 75.0 Å². The van der Waals surface area contributed by atoms with E-state index in [9.17, 15) is 0 Å². The van der Waals surface area contributed by atoms with Gasteiger partial charge in [-0.05, 0) is 76.3 Å². The number of pyridine rings is 1. The molecular weight excluding hydrogens is 551 g/mol. The first-order chi connectivity index (χ1) is 20.8. The zero-order valence-corrected chi connectivity index (χ0v) is 24.1. The summed E-state index contributed by atoms with van der Waals surface area (Å²) in [6.07, 6.45) is 3.74. The highest BCUT2D eigenvalue weighted by Crippen LogP contribution is 2.36. The summed E-state index contributed by atoms with van der Waals surface area (Å²) in [4.78, 5) is 14.1. The predicted molar refractivity (Wildman–Crippen MR) is 178 cm³/mol. The Bertz CT molecular complexity index is 1980. The predicted octanol–water partition coefficient (Wildman–Crippen LogP) is 10.6. The lowest BCUT2D eigenvalue weighted by Crippen LogP contribution is -1.87. The molecule has 3 aromatic heterocycles. The maximum absolute atomic E-state index is 4.84. The lowest BCUT2D eigenvalue weighted by Gasteiger charge is -2.12. The van der Waals surface area contributed by atoms with E-state index in [4.69, 9.17) is 9.97 Å². The Balaban J connectivity index is 1.17. The highest BCUT2D eigenvalue weighted by molar-refractivity contribution is 7.22. The molecule has 0 amide bonds. The third-order valence-corrected chi connectivity index (χ3v) is 9.62. The van der Waals surface area contributed by atoms with Gasteiger partial charge >= 0.3 is 0 Å². The highest BCUT2D eigenvalue weighted by atomic mass is 32.1. The van der Waals surface area contributed by atoms with E-state index in [1.807, 2.05) is 30.6 Å². The third kappa shape index (κ3) is 4.69. The topological polar surface area (TPSA) is 38.7 Å². The standard InChI is InChI=1S/C37H23N3S2/c1-3-9-34-32(7-1)39-36(41-34)26-15-11-24(12-16-26)29-20-30(22-31(21-29)28-6-5-19-38-23-28)25-13-17-27(18-14-25)37-40-33-8-2-4-10-35(33)42-37/h1-23H. The molecule has 8 rings (SSSR count). The molecule has 0 atom stereocenters. The second kappa shape index (κ2) is 10.5. The smallest absolute Gasteiger partial charge is 0.124 e. The molecule has 0 spiro atoms. The minimum absolute atomic E-state index is 1.04. The molecule has 5 heteroatoms. The van der Waals surface area contributed by atoms with Crippen molar-refractivity contribution in [2.45, 2.75) is 0 Å². The largest absolute Gasteiger partial charge is 0.264 e. The molecule has 0 saturated carbocycles. The molecule has 0 radical (unpaired) electrons. The summed E-state index contributed by atoms with van der Waals surface area (Å²) in [5.41, 5.74) is 11.3. The number of thiazole rings is 2. The van der Waals surface area contributed by atoms with Crippen LogP contribution >= 0.6 is 22.7 Å². The first-order valence-electron chi connectivity index (χ1n) is 13.8. The van der Waals surface area contributed by atoms with Crippen molar-refractivity contribution >= 4 is 43.1 Å². The van der Waals surface area contributed by atoms with E-state index in [1.165, 1.54) is 9.40 Å². The van der Waals surface area contributed by atoms with Crippen molar-refractivity contribution in [1.29, 1.82) is 0 Å². The molecule has 42 heavy (non-hydrogen) atoms. The van der Waals surface area contributed by atoms with Crippen LogP contribution < -0.4 is 0 Å². The van der Waals surface area contributed by atoms with Gasteiger partial charge in [0.2, 0.25) is 0 Å². The molecule has 3 nitrogen and oxygen atoms in total. The maximum atomic E-state index is 4.84. The molecule has 0 aliphatic heterocycles. The van der Waals surface area contributed by atoms with Crippen LogP contribution in [-0.2, 0) is 0 Å². The van der Waals surface area contributed by atoms with E-state index in [-0.39, 0.29) is 0 Å². The van der Waals surface area contributed by atoms with Gasteiger partial charge in [-0.25, -0.2) is 9.97 Å². The Morgan fingerprint density at radius 3 is 1.29 bits per heavy atom. The van der Waals surface area contributed by atoms with Crippen LogP contribution in [-0.4, -0.2) is 15.0 Å². The molecule has 0 aliphatic rings. The summed E-state index contributed by atoms with van der Waals surface area (Å²) < 4.78 is 2.42. The molecule has 0 fully saturated rings. The summed E-state index contributed by atoms with van der Waals surface area (Å²) >= 11 is 3.46. The number of rotatable bonds is 5. The number of para-hydroxylation sites is 2. The Kier molecular flexibility index (Phi) is 6.17. The number of fused-ring (bicyclic) bond motifs is 2. The van der Waals surface area contributed by atoms with Crippen molar-refractivity contribution in [3.8, 4) is 54.5 Å². The van der Waals surface area contributed by atoms with E-state index in [2.05, 4.69) is 114 Å². The number of hydrogen-bond acceptors (Lipinski definition) is 5. The number of benzene rings is 5. The summed E-state index contributed by atoms with van der Waals surface area (Å²) in [6, 6.07) is 45.0. The van der Waals surface area contributed by atoms with Gasteiger partial charge in [-0.1, -0.05) is 78.9 Å². The zero-order chi connectivity index (χ0) is 27.9. The Morgan fingerprint density at radius 2 is 0.833 bits per heavy atom. The Hall–Kier alpha value is -4.97. The molecule has 0 saturated heterocycles. The fourth-order valence-electron chi connectivity index (χ4n) is 5.26. The van der Waals surface area contributed by atoms with E-state index in [0.717, 1.165) is 65.6 Å². The van der Waals surface area contributed by atoms with Crippen LogP contribution in [0.3, 0.4) is 0 Å². The average Bonchev–Trinajstić information content (AvgIpc) is 3.70. The van der Waals surface area contributed by atoms with E-state index in [0.29, 0.717) is 0 Å². The fraction of sp³-hybridized carbons (Fsp3) is 0. The second-order valence-corrected chi connectivity index (χ2v) is 12.2. The molecule has 0 bridgehead atoms. The van der Waals surface area contributed by atoms with Gasteiger partial charge < -0.3 is 0 Å². The van der Waals surface area contributed by atoms with E-state index < -0.39 is 0 Å². The summed E-state index contributed by atoms with van der Waals surface area (Å²) in [5, 5.41) is 2.08. The van der Waals surface area contributed by atoms with Gasteiger partial charge in [-0.15, -0.1) is 22.7 Å². The fourth-order valence-corrected chi connectivity index (χ4v) is 7.21. The van der Waals surface area contributed by atoms with Crippen LogP contribution in [0.4, 0.5) is 0 Å². The number of hydrogen-bond donors (Lipinski definition) is 0. The first-order valence-corrected chi connectivity index (χ1v) is 15.4. The van der Waals surface area contributed by atoms with Crippen molar-refractivity contribution in [3.63, 3.8) is 0 Å². The third-order valence-electron chi connectivity index (χ3n) is 7.45. The first kappa shape index (κ1) is 24.8. The van der Waals surface area contributed by atoms with E-state index >= 15 is 0 Å². The zero-order valence-electron chi connectivity index (χ0n) is 22.4. The Labute approximate surface area is 251 Å². The van der Waals surface area contributed by atoms with E-state index in [1.54, 1.807) is 22.7 Å². The summed E-state index contributed by atoms with van der Waals surface area (Å²) in [5.74, 6) is 0. The molecule has 5 aromatic carbocycles. The number of nitrogens with zero attached hydrogens (tertiary/aromatic N) is 3. The molecule has 0 aliphatic carbocycles. The van der Waals surface area contributed by atoms with Crippen molar-refractivity contribution < 1.29 is 0 Å². The highest BCUT2D eigenvalue weighted by Gasteiger charge is 2.11.